The molecule has 0 aromatic rings. The number of esters is 2. The molecule has 0 spiro atoms. The molecule has 0 aliphatic heterocycles. The Labute approximate surface area is 371 Å². The molecule has 0 saturated heterocycles. The molecule has 1 atom stereocenters. The second-order valence-electron chi connectivity index (χ2n) is 16.3. The van der Waals surface area contributed by atoms with Crippen molar-refractivity contribution < 1.29 is 23.8 Å². The SMILES string of the molecule is CC/C=C\C/C=C\C/C=C\C/C=C\C/C=C\CCCC(=O)OCC(COCCCCCCCC/C=C\CCCCCCCC)OC(=O)CCCCCCC/C=C\CCCC. The van der Waals surface area contributed by atoms with Gasteiger partial charge in [0, 0.05) is 19.4 Å². The number of hydrogen-bond donors (Lipinski definition) is 0. The largest absolute Gasteiger partial charge is 0.462 e. The number of allylic oxidation sites excluding steroid dienone is 14. The van der Waals surface area contributed by atoms with Gasteiger partial charge < -0.3 is 14.2 Å². The first kappa shape index (κ1) is 57.1. The fraction of sp³-hybridized carbons (Fsp3) is 0.709. The second-order valence-corrected chi connectivity index (χ2v) is 16.3. The summed E-state index contributed by atoms with van der Waals surface area (Å²) >= 11 is 0. The van der Waals surface area contributed by atoms with Crippen molar-refractivity contribution in [3.05, 3.63) is 85.1 Å². The van der Waals surface area contributed by atoms with E-state index in [1.807, 2.05) is 0 Å². The highest BCUT2D eigenvalue weighted by Crippen LogP contribution is 2.13. The Kier molecular flexibility index (Phi) is 48.0. The maximum atomic E-state index is 12.7. The van der Waals surface area contributed by atoms with E-state index in [0.717, 1.165) is 83.5 Å². The van der Waals surface area contributed by atoms with Gasteiger partial charge in [-0.3, -0.25) is 9.59 Å². The topological polar surface area (TPSA) is 61.8 Å². The van der Waals surface area contributed by atoms with E-state index < -0.39 is 6.10 Å². The zero-order chi connectivity index (χ0) is 43.5. The van der Waals surface area contributed by atoms with Crippen LogP contribution in [0.2, 0.25) is 0 Å². The molecule has 344 valence electrons. The Morgan fingerprint density at radius 3 is 1.32 bits per heavy atom. The van der Waals surface area contributed by atoms with Crippen LogP contribution in [-0.4, -0.2) is 37.9 Å². The smallest absolute Gasteiger partial charge is 0.306 e. The van der Waals surface area contributed by atoms with Gasteiger partial charge in [-0.1, -0.05) is 196 Å². The van der Waals surface area contributed by atoms with E-state index in [0.29, 0.717) is 19.4 Å². The van der Waals surface area contributed by atoms with Crippen molar-refractivity contribution in [2.45, 2.75) is 232 Å². The average Bonchev–Trinajstić information content (AvgIpc) is 3.25. The number of hydrogen-bond acceptors (Lipinski definition) is 5. The molecule has 0 amide bonds. The van der Waals surface area contributed by atoms with Gasteiger partial charge in [-0.25, -0.2) is 0 Å². The molecule has 0 aromatic carbocycles. The molecule has 0 aliphatic carbocycles. The standard InChI is InChI=1S/C55H94O5/c1-4-7-10-13-16-19-22-24-26-28-29-31-34-36-39-42-45-48-54(56)59-52-53(60-55(57)49-46-43-40-37-33-21-18-15-12-9-6-3)51-58-50-47-44-41-38-35-32-30-27-25-23-20-17-14-11-8-5-2/h7,10,15-16,18-19,24-27,29,31,36,39,53H,4-6,8-9,11-14,17,20-23,28,30,32-35,37-38,40-52H2,1-3H3/b10-7-,18-15-,19-16-,26-24-,27-25-,31-29-,39-36-. The summed E-state index contributed by atoms with van der Waals surface area (Å²) < 4.78 is 17.3. The fourth-order valence-corrected chi connectivity index (χ4v) is 6.64. The Hall–Kier alpha value is -2.92. The van der Waals surface area contributed by atoms with E-state index in [-0.39, 0.29) is 25.2 Å². The first-order chi connectivity index (χ1) is 29.6. The maximum absolute atomic E-state index is 12.7. The quantitative estimate of drug-likeness (QED) is 0.0347. The molecule has 5 nitrogen and oxygen atoms in total. The van der Waals surface area contributed by atoms with Gasteiger partial charge in [0.2, 0.25) is 0 Å². The lowest BCUT2D eigenvalue weighted by molar-refractivity contribution is -0.163. The predicted molar refractivity (Wildman–Crippen MR) is 260 cm³/mol. The van der Waals surface area contributed by atoms with Gasteiger partial charge in [-0.15, -0.1) is 0 Å². The van der Waals surface area contributed by atoms with Crippen LogP contribution in [0.15, 0.2) is 85.1 Å². The van der Waals surface area contributed by atoms with Crippen LogP contribution in [0.5, 0.6) is 0 Å². The third-order valence-electron chi connectivity index (χ3n) is 10.4. The van der Waals surface area contributed by atoms with E-state index in [4.69, 9.17) is 14.2 Å². The highest BCUT2D eigenvalue weighted by molar-refractivity contribution is 5.70. The van der Waals surface area contributed by atoms with Crippen molar-refractivity contribution in [3.8, 4) is 0 Å². The molecule has 1 unspecified atom stereocenters. The highest BCUT2D eigenvalue weighted by atomic mass is 16.6. The number of unbranched alkanes of at least 4 members (excludes halogenated alkanes) is 20. The van der Waals surface area contributed by atoms with Gasteiger partial charge in [0.1, 0.15) is 6.61 Å². The van der Waals surface area contributed by atoms with Crippen LogP contribution in [0, 0.1) is 0 Å². The predicted octanol–water partition coefficient (Wildman–Crippen LogP) is 16.9. The minimum Gasteiger partial charge on any atom is -0.462 e. The molecule has 5 heteroatoms. The second kappa shape index (κ2) is 50.4. The van der Waals surface area contributed by atoms with Crippen LogP contribution < -0.4 is 0 Å². The van der Waals surface area contributed by atoms with E-state index in [9.17, 15) is 9.59 Å². The number of ether oxygens (including phenoxy) is 3. The molecule has 0 fully saturated rings. The van der Waals surface area contributed by atoms with Crippen LogP contribution in [-0.2, 0) is 23.8 Å². The summed E-state index contributed by atoms with van der Waals surface area (Å²) in [7, 11) is 0. The van der Waals surface area contributed by atoms with Gasteiger partial charge in [0.15, 0.2) is 6.10 Å². The molecule has 0 heterocycles. The summed E-state index contributed by atoms with van der Waals surface area (Å²) in [4.78, 5) is 25.3. The zero-order valence-electron chi connectivity index (χ0n) is 39.5. The van der Waals surface area contributed by atoms with E-state index in [1.165, 1.54) is 109 Å². The van der Waals surface area contributed by atoms with E-state index in [1.54, 1.807) is 0 Å². The summed E-state index contributed by atoms with van der Waals surface area (Å²) in [5.41, 5.74) is 0. The molecular weight excluding hydrogens is 741 g/mol. The number of carbonyl (C=O) groups excluding carboxylic acids is 2. The van der Waals surface area contributed by atoms with Gasteiger partial charge in [0.25, 0.3) is 0 Å². The summed E-state index contributed by atoms with van der Waals surface area (Å²) in [6, 6.07) is 0. The summed E-state index contributed by atoms with van der Waals surface area (Å²) in [6.07, 6.45) is 65.9. The summed E-state index contributed by atoms with van der Waals surface area (Å²) in [5.74, 6) is -0.481. The number of carbonyl (C=O) groups is 2. The zero-order valence-corrected chi connectivity index (χ0v) is 39.5. The lowest BCUT2D eigenvalue weighted by Crippen LogP contribution is -2.30. The van der Waals surface area contributed by atoms with Crippen molar-refractivity contribution >= 4 is 11.9 Å². The molecule has 0 N–H and O–H groups in total. The van der Waals surface area contributed by atoms with Crippen molar-refractivity contribution in [1.82, 2.24) is 0 Å². The minimum atomic E-state index is -0.568. The van der Waals surface area contributed by atoms with Crippen molar-refractivity contribution in [3.63, 3.8) is 0 Å². The molecule has 60 heavy (non-hydrogen) atoms. The third kappa shape index (κ3) is 47.8. The third-order valence-corrected chi connectivity index (χ3v) is 10.4. The van der Waals surface area contributed by atoms with E-state index in [2.05, 4.69) is 106 Å². The van der Waals surface area contributed by atoms with Gasteiger partial charge in [-0.05, 0) is 103 Å². The van der Waals surface area contributed by atoms with Crippen LogP contribution in [0.1, 0.15) is 226 Å². The average molecular weight is 835 g/mol. The Morgan fingerprint density at radius 2 is 0.783 bits per heavy atom. The lowest BCUT2D eigenvalue weighted by atomic mass is 10.1. The monoisotopic (exact) mass is 835 g/mol. The number of rotatable bonds is 45. The first-order valence-corrected chi connectivity index (χ1v) is 25.1. The highest BCUT2D eigenvalue weighted by Gasteiger charge is 2.17. The maximum Gasteiger partial charge on any atom is 0.306 e. The molecule has 0 saturated carbocycles. The van der Waals surface area contributed by atoms with E-state index >= 15 is 0 Å². The van der Waals surface area contributed by atoms with Gasteiger partial charge in [0.05, 0.1) is 6.61 Å². The molecule has 0 aromatic heterocycles. The molecule has 0 radical (unpaired) electrons. The Balaban J connectivity index is 4.36. The first-order valence-electron chi connectivity index (χ1n) is 25.1. The molecule has 0 rings (SSSR count). The Morgan fingerprint density at radius 1 is 0.383 bits per heavy atom. The van der Waals surface area contributed by atoms with Crippen LogP contribution in [0.3, 0.4) is 0 Å². The Bertz CT molecular complexity index is 1130. The van der Waals surface area contributed by atoms with Crippen LogP contribution >= 0.6 is 0 Å². The summed E-state index contributed by atoms with van der Waals surface area (Å²) in [5, 5.41) is 0. The fourth-order valence-electron chi connectivity index (χ4n) is 6.64. The minimum absolute atomic E-state index is 0.0470. The normalized spacial score (nSPS) is 12.9. The molecule has 0 bridgehead atoms. The van der Waals surface area contributed by atoms with Crippen LogP contribution in [0.25, 0.3) is 0 Å². The lowest BCUT2D eigenvalue weighted by Gasteiger charge is -2.18. The van der Waals surface area contributed by atoms with Gasteiger partial charge >= 0.3 is 11.9 Å². The van der Waals surface area contributed by atoms with Gasteiger partial charge in [-0.2, -0.15) is 0 Å². The molecule has 0 aliphatic rings. The van der Waals surface area contributed by atoms with Crippen molar-refractivity contribution in [1.29, 1.82) is 0 Å². The van der Waals surface area contributed by atoms with Crippen LogP contribution in [0.4, 0.5) is 0 Å². The molecular formula is C55H94O5. The van der Waals surface area contributed by atoms with Crippen molar-refractivity contribution in [2.75, 3.05) is 19.8 Å². The van der Waals surface area contributed by atoms with Crippen molar-refractivity contribution in [2.24, 2.45) is 0 Å². The summed E-state index contributed by atoms with van der Waals surface area (Å²) in [6.45, 7) is 7.59.